The number of pyridine rings is 2. The summed E-state index contributed by atoms with van der Waals surface area (Å²) in [5, 5.41) is 11.5. The molecule has 1 aliphatic rings. The van der Waals surface area contributed by atoms with Gasteiger partial charge in [0.1, 0.15) is 10.7 Å². The maximum atomic E-state index is 15.0. The number of carbonyl (C=O) groups is 1. The van der Waals surface area contributed by atoms with Crippen LogP contribution in [0.5, 0.6) is 0 Å². The number of carbonyl (C=O) groups excluding carboxylic acids is 1. The van der Waals surface area contributed by atoms with Crippen molar-refractivity contribution < 1.29 is 9.18 Å². The maximum Gasteiger partial charge on any atom is 0.175 e. The second kappa shape index (κ2) is 7.01. The van der Waals surface area contributed by atoms with Crippen molar-refractivity contribution >= 4 is 27.9 Å². The second-order valence-corrected chi connectivity index (χ2v) is 8.27. The zero-order chi connectivity index (χ0) is 19.0. The Labute approximate surface area is 160 Å². The van der Waals surface area contributed by atoms with Gasteiger partial charge in [0.05, 0.1) is 6.42 Å². The van der Waals surface area contributed by atoms with Gasteiger partial charge < -0.3 is 4.90 Å². The summed E-state index contributed by atoms with van der Waals surface area (Å²) in [6.45, 7) is 3.10. The van der Waals surface area contributed by atoms with Crippen molar-refractivity contribution in [2.24, 2.45) is 0 Å². The molecule has 0 radical (unpaired) electrons. The van der Waals surface area contributed by atoms with Gasteiger partial charge in [-0.1, -0.05) is 11.3 Å². The number of ketones is 1. The molecule has 0 amide bonds. The maximum absolute atomic E-state index is 15.0. The van der Waals surface area contributed by atoms with Crippen LogP contribution < -0.4 is 0 Å². The normalized spacial score (nSPS) is 17.3. The van der Waals surface area contributed by atoms with E-state index in [0.717, 1.165) is 26.5 Å². The Bertz CT molecular complexity index is 997. The lowest BCUT2D eigenvalue weighted by atomic mass is 9.87. The summed E-state index contributed by atoms with van der Waals surface area (Å²) in [6.07, 6.45) is 3.92. The van der Waals surface area contributed by atoms with Crippen molar-refractivity contribution in [2.45, 2.75) is 31.9 Å². The Hall–Kier alpha value is -2.32. The molecule has 0 atom stereocenters. The highest BCUT2D eigenvalue weighted by atomic mass is 32.1. The van der Waals surface area contributed by atoms with Gasteiger partial charge in [-0.25, -0.2) is 4.39 Å². The van der Waals surface area contributed by atoms with Crippen LogP contribution >= 0.6 is 11.3 Å². The lowest BCUT2D eigenvalue weighted by Gasteiger charge is -2.33. The van der Waals surface area contributed by atoms with E-state index in [4.69, 9.17) is 0 Å². The van der Waals surface area contributed by atoms with Gasteiger partial charge in [-0.2, -0.15) is 0 Å². The Morgan fingerprint density at radius 3 is 2.63 bits per heavy atom. The molecule has 0 unspecified atom stereocenters. The van der Waals surface area contributed by atoms with E-state index >= 15 is 0 Å². The van der Waals surface area contributed by atoms with E-state index in [-0.39, 0.29) is 25.0 Å². The summed E-state index contributed by atoms with van der Waals surface area (Å²) in [5.41, 5.74) is -0.431. The zero-order valence-electron chi connectivity index (χ0n) is 15.3. The highest BCUT2D eigenvalue weighted by Gasteiger charge is 2.40. The molecule has 1 aliphatic heterocycles. The van der Waals surface area contributed by atoms with Crippen molar-refractivity contribution in [3.8, 4) is 10.7 Å². The fraction of sp³-hybridized carbons (Fsp3) is 0.421. The Morgan fingerprint density at radius 1 is 1.19 bits per heavy atom. The molecule has 0 spiro atoms. The number of piperidine rings is 1. The SMILES string of the molecule is Cc1nnc(-c2cc3cc(CC(=O)C4(F)CCN(C)CC4)ncc3cn2)s1. The third kappa shape index (κ3) is 3.72. The topological polar surface area (TPSA) is 71.9 Å². The monoisotopic (exact) mass is 385 g/mol. The van der Waals surface area contributed by atoms with Crippen LogP contribution in [0.25, 0.3) is 21.5 Å². The minimum atomic E-state index is -1.74. The molecular weight excluding hydrogens is 365 g/mol. The second-order valence-electron chi connectivity index (χ2n) is 7.09. The third-order valence-corrected chi connectivity index (χ3v) is 5.89. The first-order valence-electron chi connectivity index (χ1n) is 8.89. The van der Waals surface area contributed by atoms with Crippen molar-refractivity contribution in [3.05, 3.63) is 35.2 Å². The summed E-state index contributed by atoms with van der Waals surface area (Å²) in [6, 6.07) is 3.75. The van der Waals surface area contributed by atoms with Crippen LogP contribution in [0.3, 0.4) is 0 Å². The minimum absolute atomic E-state index is 0.00568. The summed E-state index contributed by atoms with van der Waals surface area (Å²) >= 11 is 1.47. The number of halogens is 1. The van der Waals surface area contributed by atoms with Crippen LogP contribution in [0.4, 0.5) is 4.39 Å². The van der Waals surface area contributed by atoms with Crippen molar-refractivity contribution in [1.82, 2.24) is 25.1 Å². The zero-order valence-corrected chi connectivity index (χ0v) is 16.1. The molecule has 0 aromatic carbocycles. The Kier molecular flexibility index (Phi) is 4.69. The number of hydrogen-bond acceptors (Lipinski definition) is 7. The molecule has 140 valence electrons. The molecule has 0 saturated carbocycles. The van der Waals surface area contributed by atoms with E-state index < -0.39 is 5.67 Å². The predicted molar refractivity (Wildman–Crippen MR) is 102 cm³/mol. The van der Waals surface area contributed by atoms with Gasteiger partial charge in [-0.15, -0.1) is 10.2 Å². The van der Waals surface area contributed by atoms with Crippen molar-refractivity contribution in [3.63, 3.8) is 0 Å². The van der Waals surface area contributed by atoms with Gasteiger partial charge >= 0.3 is 0 Å². The van der Waals surface area contributed by atoms with E-state index in [1.165, 1.54) is 11.3 Å². The van der Waals surface area contributed by atoms with E-state index in [2.05, 4.69) is 20.2 Å². The van der Waals surface area contributed by atoms with Gasteiger partial charge in [-0.3, -0.25) is 14.8 Å². The largest absolute Gasteiger partial charge is 0.306 e. The van der Waals surface area contributed by atoms with Crippen LogP contribution in [-0.4, -0.2) is 56.7 Å². The highest BCUT2D eigenvalue weighted by Crippen LogP contribution is 2.29. The van der Waals surface area contributed by atoms with Crippen LogP contribution in [0.2, 0.25) is 0 Å². The first-order valence-corrected chi connectivity index (χ1v) is 9.70. The van der Waals surface area contributed by atoms with Crippen LogP contribution in [0, 0.1) is 6.92 Å². The Morgan fingerprint density at radius 2 is 1.93 bits per heavy atom. The number of aromatic nitrogens is 4. The highest BCUT2D eigenvalue weighted by molar-refractivity contribution is 7.14. The first-order chi connectivity index (χ1) is 12.9. The molecule has 6 nitrogen and oxygen atoms in total. The summed E-state index contributed by atoms with van der Waals surface area (Å²) in [5.74, 6) is -0.378. The van der Waals surface area contributed by atoms with E-state index in [1.807, 2.05) is 31.0 Å². The van der Waals surface area contributed by atoms with E-state index in [0.29, 0.717) is 18.8 Å². The number of aryl methyl sites for hydroxylation is 1. The average molecular weight is 385 g/mol. The standard InChI is InChI=1S/C19H20FN5OS/c1-12-23-24-18(27-12)16-8-13-7-15(21-10-14(13)11-22-16)9-17(26)19(20)3-5-25(2)6-4-19/h7-8,10-11H,3-6,9H2,1-2H3. The Balaban J connectivity index is 1.58. The lowest BCUT2D eigenvalue weighted by Crippen LogP contribution is -2.45. The molecule has 1 fully saturated rings. The molecule has 0 aliphatic carbocycles. The predicted octanol–water partition coefficient (Wildman–Crippen LogP) is 3.00. The molecular formula is C19H20FN5OS. The lowest BCUT2D eigenvalue weighted by molar-refractivity contribution is -0.132. The molecule has 0 bridgehead atoms. The van der Waals surface area contributed by atoms with Gasteiger partial charge in [0, 0.05) is 49.4 Å². The quantitative estimate of drug-likeness (QED) is 0.688. The van der Waals surface area contributed by atoms with Gasteiger partial charge in [-0.05, 0) is 31.5 Å². The third-order valence-electron chi connectivity index (χ3n) is 5.03. The van der Waals surface area contributed by atoms with Crippen LogP contribution in [0.1, 0.15) is 23.5 Å². The summed E-state index contributed by atoms with van der Waals surface area (Å²) in [7, 11) is 1.94. The van der Waals surface area contributed by atoms with Crippen molar-refractivity contribution in [1.29, 1.82) is 0 Å². The number of Topliss-reactive ketones (excluding diaryl/α,β-unsaturated/α-hetero) is 1. The molecule has 3 aromatic rings. The van der Waals surface area contributed by atoms with Crippen LogP contribution in [-0.2, 0) is 11.2 Å². The minimum Gasteiger partial charge on any atom is -0.306 e. The van der Waals surface area contributed by atoms with Gasteiger partial charge in [0.2, 0.25) is 0 Å². The molecule has 8 heteroatoms. The van der Waals surface area contributed by atoms with Gasteiger partial charge in [0.15, 0.2) is 16.5 Å². The smallest absolute Gasteiger partial charge is 0.175 e. The van der Waals surface area contributed by atoms with Crippen molar-refractivity contribution in [2.75, 3.05) is 20.1 Å². The molecule has 27 heavy (non-hydrogen) atoms. The van der Waals surface area contributed by atoms with E-state index in [9.17, 15) is 9.18 Å². The molecule has 1 saturated heterocycles. The number of rotatable bonds is 4. The van der Waals surface area contributed by atoms with E-state index in [1.54, 1.807) is 12.4 Å². The molecule has 3 aromatic heterocycles. The van der Waals surface area contributed by atoms with Gasteiger partial charge in [0.25, 0.3) is 0 Å². The molecule has 4 heterocycles. The fourth-order valence-electron chi connectivity index (χ4n) is 3.27. The number of nitrogens with zero attached hydrogens (tertiary/aromatic N) is 5. The van der Waals surface area contributed by atoms with Crippen LogP contribution in [0.15, 0.2) is 24.5 Å². The first kappa shape index (κ1) is 18.1. The number of alkyl halides is 1. The number of hydrogen-bond donors (Lipinski definition) is 0. The summed E-state index contributed by atoms with van der Waals surface area (Å²) < 4.78 is 15.0. The fourth-order valence-corrected chi connectivity index (χ4v) is 3.93. The number of likely N-dealkylation sites (tertiary alicyclic amines) is 1. The number of fused-ring (bicyclic) bond motifs is 1. The molecule has 4 rings (SSSR count). The average Bonchev–Trinajstić information content (AvgIpc) is 3.10. The molecule has 0 N–H and O–H groups in total. The summed E-state index contributed by atoms with van der Waals surface area (Å²) in [4.78, 5) is 23.3.